The average Bonchev–Trinajstić information content (AvgIpc) is 2.46. The summed E-state index contributed by atoms with van der Waals surface area (Å²) in [6, 6.07) is 7.94. The van der Waals surface area contributed by atoms with Gasteiger partial charge < -0.3 is 15.1 Å². The second kappa shape index (κ2) is 9.64. The highest BCUT2D eigenvalue weighted by atomic mass is 35.5. The van der Waals surface area contributed by atoms with Crippen LogP contribution in [0.25, 0.3) is 0 Å². The molecule has 0 aliphatic heterocycles. The smallest absolute Gasteiger partial charge is 0.194 e. The molecule has 0 aliphatic rings. The molecule has 1 N–H and O–H groups in total. The second-order valence-electron chi connectivity index (χ2n) is 5.12. The molecule has 21 heavy (non-hydrogen) atoms. The van der Waals surface area contributed by atoms with Crippen LogP contribution in [0.4, 0.5) is 0 Å². The Morgan fingerprint density at radius 2 is 2.05 bits per heavy atom. The van der Waals surface area contributed by atoms with Crippen molar-refractivity contribution in [3.63, 3.8) is 0 Å². The molecule has 5 heteroatoms. The quantitative estimate of drug-likeness (QED) is 0.620. The molecule has 0 saturated carbocycles. The fourth-order valence-corrected chi connectivity index (χ4v) is 2.15. The van der Waals surface area contributed by atoms with Crippen molar-refractivity contribution in [1.82, 2.24) is 15.1 Å². The van der Waals surface area contributed by atoms with Crippen molar-refractivity contribution in [2.45, 2.75) is 20.4 Å². The Morgan fingerprint density at radius 3 is 2.67 bits per heavy atom. The van der Waals surface area contributed by atoms with Crippen LogP contribution in [0.1, 0.15) is 19.4 Å². The molecule has 118 valence electrons. The molecule has 0 bridgehead atoms. The van der Waals surface area contributed by atoms with E-state index in [1.54, 1.807) is 0 Å². The zero-order chi connectivity index (χ0) is 15.7. The Bertz CT molecular complexity index is 448. The largest absolute Gasteiger partial charge is 0.357 e. The summed E-state index contributed by atoms with van der Waals surface area (Å²) in [6.07, 6.45) is 0. The minimum absolute atomic E-state index is 0.771. The van der Waals surface area contributed by atoms with Crippen LogP contribution in [0, 0.1) is 0 Å². The summed E-state index contributed by atoms with van der Waals surface area (Å²) in [4.78, 5) is 9.06. The Balaban J connectivity index is 2.63. The van der Waals surface area contributed by atoms with E-state index >= 15 is 0 Å². The molecule has 0 aliphatic carbocycles. The first-order valence-corrected chi connectivity index (χ1v) is 7.87. The van der Waals surface area contributed by atoms with E-state index in [1.165, 1.54) is 5.56 Å². The third-order valence-corrected chi connectivity index (χ3v) is 3.52. The number of halogens is 1. The molecule has 0 amide bonds. The molecule has 1 rings (SSSR count). The van der Waals surface area contributed by atoms with Gasteiger partial charge in [0.05, 0.1) is 6.54 Å². The molecule has 0 saturated heterocycles. The van der Waals surface area contributed by atoms with Gasteiger partial charge in [-0.1, -0.05) is 30.7 Å². The molecule has 0 unspecified atom stereocenters. The third kappa shape index (κ3) is 6.82. The molecule has 0 atom stereocenters. The topological polar surface area (TPSA) is 30.9 Å². The first-order chi connectivity index (χ1) is 10.1. The van der Waals surface area contributed by atoms with Gasteiger partial charge >= 0.3 is 0 Å². The first kappa shape index (κ1) is 17.8. The SMILES string of the molecule is CCNC(=NCCN(C)CC)N(C)Cc1cccc(Cl)c1. The van der Waals surface area contributed by atoms with E-state index in [0.29, 0.717) is 0 Å². The highest BCUT2D eigenvalue weighted by Crippen LogP contribution is 2.12. The van der Waals surface area contributed by atoms with Crippen molar-refractivity contribution in [2.75, 3.05) is 40.3 Å². The summed E-state index contributed by atoms with van der Waals surface area (Å²) in [6.45, 7) is 8.70. The molecule has 4 nitrogen and oxygen atoms in total. The van der Waals surface area contributed by atoms with E-state index < -0.39 is 0 Å². The zero-order valence-electron chi connectivity index (χ0n) is 13.6. The molecule has 1 aromatic carbocycles. The van der Waals surface area contributed by atoms with E-state index in [-0.39, 0.29) is 0 Å². The van der Waals surface area contributed by atoms with E-state index in [4.69, 9.17) is 11.6 Å². The summed E-state index contributed by atoms with van der Waals surface area (Å²) in [7, 11) is 4.16. The van der Waals surface area contributed by atoms with Crippen molar-refractivity contribution in [3.8, 4) is 0 Å². The summed E-state index contributed by atoms with van der Waals surface area (Å²) in [5.74, 6) is 0.932. The third-order valence-electron chi connectivity index (χ3n) is 3.29. The highest BCUT2D eigenvalue weighted by molar-refractivity contribution is 6.30. The Kier molecular flexibility index (Phi) is 8.16. The van der Waals surface area contributed by atoms with Crippen LogP contribution >= 0.6 is 11.6 Å². The predicted molar refractivity (Wildman–Crippen MR) is 92.1 cm³/mol. The number of nitrogens with one attached hydrogen (secondary N) is 1. The number of likely N-dealkylation sites (N-methyl/N-ethyl adjacent to an activating group) is 1. The van der Waals surface area contributed by atoms with Crippen molar-refractivity contribution >= 4 is 17.6 Å². The maximum atomic E-state index is 6.03. The molecular weight excluding hydrogens is 284 g/mol. The van der Waals surface area contributed by atoms with Gasteiger partial charge in [0.15, 0.2) is 5.96 Å². The van der Waals surface area contributed by atoms with E-state index in [9.17, 15) is 0 Å². The average molecular weight is 311 g/mol. The lowest BCUT2D eigenvalue weighted by Crippen LogP contribution is -2.39. The lowest BCUT2D eigenvalue weighted by atomic mass is 10.2. The molecule has 0 aromatic heterocycles. The van der Waals surface area contributed by atoms with Crippen molar-refractivity contribution in [3.05, 3.63) is 34.9 Å². The van der Waals surface area contributed by atoms with E-state index in [0.717, 1.165) is 43.7 Å². The van der Waals surface area contributed by atoms with Crippen LogP contribution in [0.3, 0.4) is 0 Å². The maximum absolute atomic E-state index is 6.03. The molecule has 1 aromatic rings. The fourth-order valence-electron chi connectivity index (χ4n) is 1.94. The van der Waals surface area contributed by atoms with Gasteiger partial charge in [-0.25, -0.2) is 0 Å². The summed E-state index contributed by atoms with van der Waals surface area (Å²) in [5.41, 5.74) is 1.18. The number of rotatable bonds is 7. The van der Waals surface area contributed by atoms with Crippen molar-refractivity contribution < 1.29 is 0 Å². The fraction of sp³-hybridized carbons (Fsp3) is 0.562. The van der Waals surface area contributed by atoms with Gasteiger partial charge in [-0.3, -0.25) is 4.99 Å². The standard InChI is InChI=1S/C16H27ClN4/c1-5-18-16(19-10-11-20(3)6-2)21(4)13-14-8-7-9-15(17)12-14/h7-9,12H,5-6,10-11,13H2,1-4H3,(H,18,19). The highest BCUT2D eigenvalue weighted by Gasteiger charge is 2.06. The molecular formula is C16H27ClN4. The number of guanidine groups is 1. The van der Waals surface area contributed by atoms with E-state index in [1.807, 2.05) is 25.2 Å². The maximum Gasteiger partial charge on any atom is 0.194 e. The van der Waals surface area contributed by atoms with E-state index in [2.05, 4.69) is 47.1 Å². The predicted octanol–water partition coefficient (Wildman–Crippen LogP) is 2.69. The van der Waals surface area contributed by atoms with Gasteiger partial charge in [-0.15, -0.1) is 0 Å². The van der Waals surface area contributed by atoms with Crippen LogP contribution in [-0.4, -0.2) is 56.0 Å². The molecule has 0 fully saturated rings. The minimum Gasteiger partial charge on any atom is -0.357 e. The number of aliphatic imine (C=N–C) groups is 1. The first-order valence-electron chi connectivity index (χ1n) is 7.49. The summed E-state index contributed by atoms with van der Waals surface area (Å²) < 4.78 is 0. The number of nitrogens with zero attached hydrogens (tertiary/aromatic N) is 3. The lowest BCUT2D eigenvalue weighted by molar-refractivity contribution is 0.361. The summed E-state index contributed by atoms with van der Waals surface area (Å²) in [5, 5.41) is 4.10. The lowest BCUT2D eigenvalue weighted by Gasteiger charge is -2.22. The number of hydrogen-bond donors (Lipinski definition) is 1. The number of hydrogen-bond acceptors (Lipinski definition) is 2. The van der Waals surface area contributed by atoms with Gasteiger partial charge in [0, 0.05) is 31.7 Å². The van der Waals surface area contributed by atoms with Crippen molar-refractivity contribution in [1.29, 1.82) is 0 Å². The number of benzene rings is 1. The van der Waals surface area contributed by atoms with Crippen molar-refractivity contribution in [2.24, 2.45) is 4.99 Å². The summed E-state index contributed by atoms with van der Waals surface area (Å²) >= 11 is 6.03. The van der Waals surface area contributed by atoms with Gasteiger partial charge in [0.2, 0.25) is 0 Å². The van der Waals surface area contributed by atoms with Crippen LogP contribution < -0.4 is 5.32 Å². The monoisotopic (exact) mass is 310 g/mol. The van der Waals surface area contributed by atoms with Gasteiger partial charge in [0.25, 0.3) is 0 Å². The van der Waals surface area contributed by atoms with Crippen LogP contribution in [0.15, 0.2) is 29.3 Å². The van der Waals surface area contributed by atoms with Gasteiger partial charge in [-0.05, 0) is 38.2 Å². The zero-order valence-corrected chi connectivity index (χ0v) is 14.3. The Labute approximate surface area is 133 Å². The molecule has 0 heterocycles. The normalized spacial score (nSPS) is 11.8. The molecule has 0 spiro atoms. The Hall–Kier alpha value is -1.26. The molecule has 0 radical (unpaired) electrons. The minimum atomic E-state index is 0.771. The van der Waals surface area contributed by atoms with Crippen LogP contribution in [0.2, 0.25) is 5.02 Å². The second-order valence-corrected chi connectivity index (χ2v) is 5.55. The van der Waals surface area contributed by atoms with Gasteiger partial charge in [-0.2, -0.15) is 0 Å². The van der Waals surface area contributed by atoms with Crippen LogP contribution in [0.5, 0.6) is 0 Å². The Morgan fingerprint density at radius 1 is 1.29 bits per heavy atom. The van der Waals surface area contributed by atoms with Gasteiger partial charge in [0.1, 0.15) is 0 Å². The van der Waals surface area contributed by atoms with Crippen LogP contribution in [-0.2, 0) is 6.54 Å².